The van der Waals surface area contributed by atoms with E-state index in [1.165, 1.54) is 0 Å². The molecule has 1 aromatic heterocycles. The number of aliphatic hydroxyl groups excluding tert-OH is 1. The summed E-state index contributed by atoms with van der Waals surface area (Å²) in [5.74, 6) is 0. The fourth-order valence-electron chi connectivity index (χ4n) is 1.02. The molecule has 11 heavy (non-hydrogen) atoms. The fourth-order valence-corrected chi connectivity index (χ4v) is 1.02. The average Bonchev–Trinajstić information content (AvgIpc) is 2.50. The molecule has 1 atom stereocenters. The van der Waals surface area contributed by atoms with E-state index in [1.54, 1.807) is 10.9 Å². The van der Waals surface area contributed by atoms with Gasteiger partial charge in [0.2, 0.25) is 0 Å². The molecule has 62 valence electrons. The van der Waals surface area contributed by atoms with Gasteiger partial charge in [-0.2, -0.15) is 5.10 Å². The third-order valence-corrected chi connectivity index (χ3v) is 1.63. The highest BCUT2D eigenvalue weighted by Crippen LogP contribution is 2.07. The summed E-state index contributed by atoms with van der Waals surface area (Å²) >= 11 is 0. The Morgan fingerprint density at radius 2 is 2.55 bits per heavy atom. The van der Waals surface area contributed by atoms with E-state index in [9.17, 15) is 0 Å². The van der Waals surface area contributed by atoms with Crippen molar-refractivity contribution >= 4 is 0 Å². The Labute approximate surface area is 65.6 Å². The van der Waals surface area contributed by atoms with E-state index in [0.717, 1.165) is 12.2 Å². The van der Waals surface area contributed by atoms with Crippen molar-refractivity contribution in [3.8, 4) is 0 Å². The largest absolute Gasteiger partial charge is 0.394 e. The smallest absolute Gasteiger partial charge is 0.0701 e. The van der Waals surface area contributed by atoms with Gasteiger partial charge in [0.25, 0.3) is 0 Å². The maximum atomic E-state index is 8.76. The van der Waals surface area contributed by atoms with E-state index in [1.807, 2.05) is 13.0 Å². The molecule has 0 aliphatic rings. The molecule has 0 aromatic carbocycles. The van der Waals surface area contributed by atoms with Crippen molar-refractivity contribution in [2.24, 2.45) is 5.73 Å². The summed E-state index contributed by atoms with van der Waals surface area (Å²) in [6.45, 7) is 2.74. The highest BCUT2D eigenvalue weighted by Gasteiger charge is 2.08. The zero-order chi connectivity index (χ0) is 8.27. The van der Waals surface area contributed by atoms with Crippen LogP contribution in [0.2, 0.25) is 0 Å². The molecule has 1 rings (SSSR count). The Bertz CT molecular complexity index is 221. The molecule has 0 aliphatic carbocycles. The summed E-state index contributed by atoms with van der Waals surface area (Å²) in [6.07, 6.45) is 1.69. The molecule has 0 bridgehead atoms. The molecule has 1 aromatic rings. The van der Waals surface area contributed by atoms with Crippen molar-refractivity contribution in [1.29, 1.82) is 0 Å². The molecule has 0 fully saturated rings. The van der Waals surface area contributed by atoms with Gasteiger partial charge in [0, 0.05) is 12.7 Å². The van der Waals surface area contributed by atoms with Crippen LogP contribution in [-0.4, -0.2) is 21.5 Å². The number of aliphatic hydroxyl groups is 1. The van der Waals surface area contributed by atoms with Crippen LogP contribution in [0.3, 0.4) is 0 Å². The normalized spacial score (nSPS) is 13.4. The van der Waals surface area contributed by atoms with Crippen molar-refractivity contribution in [3.05, 3.63) is 18.0 Å². The number of hydrogen-bond donors (Lipinski definition) is 2. The van der Waals surface area contributed by atoms with Crippen LogP contribution in [0.1, 0.15) is 18.7 Å². The lowest BCUT2D eigenvalue weighted by molar-refractivity contribution is 0.262. The Hall–Kier alpha value is -0.870. The summed E-state index contributed by atoms with van der Waals surface area (Å²) in [7, 11) is 0. The highest BCUT2D eigenvalue weighted by atomic mass is 16.3. The van der Waals surface area contributed by atoms with Gasteiger partial charge >= 0.3 is 0 Å². The molecule has 0 amide bonds. The molecule has 0 radical (unpaired) electrons. The van der Waals surface area contributed by atoms with Crippen LogP contribution in [0, 0.1) is 0 Å². The van der Waals surface area contributed by atoms with E-state index in [0.29, 0.717) is 0 Å². The first-order valence-corrected chi connectivity index (χ1v) is 3.67. The van der Waals surface area contributed by atoms with Crippen molar-refractivity contribution in [2.75, 3.05) is 6.61 Å². The second-order valence-corrected chi connectivity index (χ2v) is 2.36. The predicted octanol–water partition coefficient (Wildman–Crippen LogP) is -0.105. The number of hydrogen-bond acceptors (Lipinski definition) is 3. The second kappa shape index (κ2) is 3.50. The lowest BCUT2D eigenvalue weighted by atomic mass is 10.2. The zero-order valence-corrected chi connectivity index (χ0v) is 6.57. The number of nitrogens with zero attached hydrogens (tertiary/aromatic N) is 2. The van der Waals surface area contributed by atoms with Crippen LogP contribution >= 0.6 is 0 Å². The second-order valence-electron chi connectivity index (χ2n) is 2.36. The Kier molecular flexibility index (Phi) is 2.62. The monoisotopic (exact) mass is 155 g/mol. The first-order chi connectivity index (χ1) is 5.29. The van der Waals surface area contributed by atoms with E-state index in [2.05, 4.69) is 5.10 Å². The number of nitrogens with two attached hydrogens (primary N) is 1. The average molecular weight is 155 g/mol. The topological polar surface area (TPSA) is 64.1 Å². The zero-order valence-electron chi connectivity index (χ0n) is 6.57. The molecule has 4 nitrogen and oxygen atoms in total. The predicted molar refractivity (Wildman–Crippen MR) is 41.9 cm³/mol. The maximum absolute atomic E-state index is 8.76. The summed E-state index contributed by atoms with van der Waals surface area (Å²) in [5.41, 5.74) is 6.49. The molecule has 0 spiro atoms. The Morgan fingerprint density at radius 3 is 3.09 bits per heavy atom. The van der Waals surface area contributed by atoms with Crippen molar-refractivity contribution in [2.45, 2.75) is 19.5 Å². The number of aryl methyl sites for hydroxylation is 1. The minimum Gasteiger partial charge on any atom is -0.394 e. The van der Waals surface area contributed by atoms with Crippen LogP contribution in [0.25, 0.3) is 0 Å². The number of aromatic nitrogens is 2. The van der Waals surface area contributed by atoms with Crippen LogP contribution in [-0.2, 0) is 6.54 Å². The van der Waals surface area contributed by atoms with E-state index in [-0.39, 0.29) is 12.6 Å². The van der Waals surface area contributed by atoms with Crippen molar-refractivity contribution in [3.63, 3.8) is 0 Å². The molecule has 1 heterocycles. The first-order valence-electron chi connectivity index (χ1n) is 3.67. The first kappa shape index (κ1) is 8.23. The fraction of sp³-hybridized carbons (Fsp3) is 0.571. The molecule has 4 heteroatoms. The van der Waals surface area contributed by atoms with Gasteiger partial charge < -0.3 is 10.8 Å². The van der Waals surface area contributed by atoms with Crippen molar-refractivity contribution in [1.82, 2.24) is 9.78 Å². The summed E-state index contributed by atoms with van der Waals surface area (Å²) < 4.78 is 1.78. The van der Waals surface area contributed by atoms with Crippen LogP contribution in [0.4, 0.5) is 0 Å². The SMILES string of the molecule is CCn1nccc1[C@H](N)CO. The van der Waals surface area contributed by atoms with Gasteiger partial charge in [-0.15, -0.1) is 0 Å². The molecular formula is C7H13N3O. The van der Waals surface area contributed by atoms with Gasteiger partial charge in [0.05, 0.1) is 18.3 Å². The molecule has 3 N–H and O–H groups in total. The van der Waals surface area contributed by atoms with Gasteiger partial charge in [-0.05, 0) is 13.0 Å². The van der Waals surface area contributed by atoms with Gasteiger partial charge in [0.1, 0.15) is 0 Å². The van der Waals surface area contributed by atoms with Crippen LogP contribution < -0.4 is 5.73 Å². The third-order valence-electron chi connectivity index (χ3n) is 1.63. The van der Waals surface area contributed by atoms with Crippen LogP contribution in [0.5, 0.6) is 0 Å². The molecule has 0 saturated carbocycles. The van der Waals surface area contributed by atoms with Gasteiger partial charge in [-0.25, -0.2) is 0 Å². The Balaban J connectivity index is 2.83. The summed E-state index contributed by atoms with van der Waals surface area (Å²) in [6, 6.07) is 1.52. The Morgan fingerprint density at radius 1 is 1.82 bits per heavy atom. The molecule has 0 aliphatic heterocycles. The highest BCUT2D eigenvalue weighted by molar-refractivity contribution is 5.05. The maximum Gasteiger partial charge on any atom is 0.0701 e. The minimum atomic E-state index is -0.308. The molecular weight excluding hydrogens is 142 g/mol. The van der Waals surface area contributed by atoms with E-state index >= 15 is 0 Å². The standard InChI is InChI=1S/C7H13N3O/c1-2-10-7(3-4-9-10)6(8)5-11/h3-4,6,11H,2,5,8H2,1H3/t6-/m1/s1. The van der Waals surface area contributed by atoms with Crippen LogP contribution in [0.15, 0.2) is 12.3 Å². The third kappa shape index (κ3) is 1.58. The van der Waals surface area contributed by atoms with E-state index in [4.69, 9.17) is 10.8 Å². The van der Waals surface area contributed by atoms with Gasteiger partial charge in [0.15, 0.2) is 0 Å². The minimum absolute atomic E-state index is 0.0360. The van der Waals surface area contributed by atoms with Crippen molar-refractivity contribution < 1.29 is 5.11 Å². The lowest BCUT2D eigenvalue weighted by Crippen LogP contribution is -2.19. The molecule has 0 unspecified atom stereocenters. The lowest BCUT2D eigenvalue weighted by Gasteiger charge is -2.09. The molecule has 0 saturated heterocycles. The number of rotatable bonds is 3. The van der Waals surface area contributed by atoms with Gasteiger partial charge in [-0.1, -0.05) is 0 Å². The van der Waals surface area contributed by atoms with E-state index < -0.39 is 0 Å². The quantitative estimate of drug-likeness (QED) is 0.640. The summed E-state index contributed by atoms with van der Waals surface area (Å²) in [5, 5.41) is 12.8. The summed E-state index contributed by atoms with van der Waals surface area (Å²) in [4.78, 5) is 0. The van der Waals surface area contributed by atoms with Gasteiger partial charge in [-0.3, -0.25) is 4.68 Å².